The molecular weight excluding hydrogens is 364 g/mol. The Kier molecular flexibility index (Phi) is 9.13. The van der Waals surface area contributed by atoms with Gasteiger partial charge in [-0.3, -0.25) is 5.32 Å². The Morgan fingerprint density at radius 3 is 2.76 bits per heavy atom. The van der Waals surface area contributed by atoms with Crippen LogP contribution in [0.1, 0.15) is 71.1 Å². The summed E-state index contributed by atoms with van der Waals surface area (Å²) >= 11 is 0. The van der Waals surface area contributed by atoms with Gasteiger partial charge in [-0.1, -0.05) is 38.7 Å². The van der Waals surface area contributed by atoms with E-state index in [1.165, 1.54) is 51.6 Å². The van der Waals surface area contributed by atoms with E-state index >= 15 is 0 Å². The Morgan fingerprint density at radius 1 is 1.10 bits per heavy atom. The van der Waals surface area contributed by atoms with Crippen LogP contribution in [0.15, 0.2) is 24.3 Å². The van der Waals surface area contributed by atoms with E-state index in [2.05, 4.69) is 17.1 Å². The van der Waals surface area contributed by atoms with Gasteiger partial charge < -0.3 is 14.4 Å². The van der Waals surface area contributed by atoms with Gasteiger partial charge >= 0.3 is 6.09 Å². The lowest BCUT2D eigenvalue weighted by Crippen LogP contribution is -2.38. The molecule has 0 bridgehead atoms. The third-order valence-corrected chi connectivity index (χ3v) is 6.14. The first-order valence-corrected chi connectivity index (χ1v) is 11.7. The molecule has 1 aliphatic heterocycles. The summed E-state index contributed by atoms with van der Waals surface area (Å²) in [4.78, 5) is 15.1. The number of hydrogen-bond acceptors (Lipinski definition) is 4. The molecule has 1 heterocycles. The second-order valence-corrected chi connectivity index (χ2v) is 8.56. The van der Waals surface area contributed by atoms with Gasteiger partial charge in [0, 0.05) is 24.2 Å². The highest BCUT2D eigenvalue weighted by molar-refractivity contribution is 5.85. The summed E-state index contributed by atoms with van der Waals surface area (Å²) in [6.45, 7) is 6.38. The number of unbranched alkanes of at least 4 members (excludes halogenated alkanes) is 3. The highest BCUT2D eigenvalue weighted by Crippen LogP contribution is 2.29. The smallest absolute Gasteiger partial charge is 0.411 e. The van der Waals surface area contributed by atoms with Crippen molar-refractivity contribution in [1.82, 2.24) is 4.90 Å². The molecule has 1 saturated heterocycles. The molecular formula is C24H38N2O3. The van der Waals surface area contributed by atoms with E-state index in [0.717, 1.165) is 43.7 Å². The van der Waals surface area contributed by atoms with Crippen LogP contribution in [-0.2, 0) is 4.74 Å². The van der Waals surface area contributed by atoms with Gasteiger partial charge in [0.25, 0.3) is 0 Å². The lowest BCUT2D eigenvalue weighted by Gasteiger charge is -2.33. The van der Waals surface area contributed by atoms with Crippen molar-refractivity contribution in [3.8, 4) is 5.75 Å². The minimum absolute atomic E-state index is 0.0300. The fourth-order valence-corrected chi connectivity index (χ4v) is 4.50. The van der Waals surface area contributed by atoms with Crippen molar-refractivity contribution in [2.75, 3.05) is 31.6 Å². The molecule has 29 heavy (non-hydrogen) atoms. The largest absolute Gasteiger partial charge is 0.494 e. The van der Waals surface area contributed by atoms with Crippen LogP contribution in [0.5, 0.6) is 5.75 Å². The molecule has 0 unspecified atom stereocenters. The molecule has 2 fully saturated rings. The minimum Gasteiger partial charge on any atom is -0.494 e. The van der Waals surface area contributed by atoms with Gasteiger partial charge in [0.1, 0.15) is 11.9 Å². The Balaban J connectivity index is 1.45. The van der Waals surface area contributed by atoms with Crippen molar-refractivity contribution < 1.29 is 14.3 Å². The molecule has 0 spiro atoms. The first kappa shape index (κ1) is 21.9. The Bertz CT molecular complexity index is 616. The van der Waals surface area contributed by atoms with Gasteiger partial charge in [0.2, 0.25) is 0 Å². The van der Waals surface area contributed by atoms with Crippen LogP contribution in [0.4, 0.5) is 10.5 Å². The summed E-state index contributed by atoms with van der Waals surface area (Å²) in [5.41, 5.74) is 0.730. The van der Waals surface area contributed by atoms with Crippen molar-refractivity contribution in [2.45, 2.75) is 77.2 Å². The van der Waals surface area contributed by atoms with Gasteiger partial charge in [-0.2, -0.15) is 0 Å². The molecule has 0 aromatic heterocycles. The zero-order chi connectivity index (χ0) is 20.3. The normalized spacial score (nSPS) is 22.4. The number of ether oxygens (including phenoxy) is 2. The number of amides is 1. The van der Waals surface area contributed by atoms with Crippen LogP contribution in [0.3, 0.4) is 0 Å². The number of rotatable bonds is 10. The molecule has 1 aromatic carbocycles. The SMILES string of the molecule is CCCCCCOc1cccc(NC(=O)O[C@@H]2CCCC[C@H]2CN2CCCC2)c1. The number of carbonyl (C=O) groups is 1. The Hall–Kier alpha value is -1.75. The quantitative estimate of drug-likeness (QED) is 0.499. The summed E-state index contributed by atoms with van der Waals surface area (Å²) in [6, 6.07) is 7.61. The third-order valence-electron chi connectivity index (χ3n) is 6.14. The molecule has 2 atom stereocenters. The fourth-order valence-electron chi connectivity index (χ4n) is 4.50. The zero-order valence-electron chi connectivity index (χ0n) is 18.0. The van der Waals surface area contributed by atoms with Crippen LogP contribution in [0, 0.1) is 5.92 Å². The van der Waals surface area contributed by atoms with Gasteiger partial charge in [-0.25, -0.2) is 4.79 Å². The maximum Gasteiger partial charge on any atom is 0.411 e. The number of nitrogens with zero attached hydrogens (tertiary/aromatic N) is 1. The standard InChI is InChI=1S/C24H38N2O3/c1-2-3-4-9-17-28-22-13-10-12-21(18-22)25-24(27)29-23-14-6-5-11-20(23)19-26-15-7-8-16-26/h10,12-13,18,20,23H,2-9,11,14-17,19H2,1H3,(H,25,27)/t20-,23+/m0/s1. The average molecular weight is 403 g/mol. The lowest BCUT2D eigenvalue weighted by atomic mass is 9.86. The summed E-state index contributed by atoms with van der Waals surface area (Å²) in [5, 5.41) is 2.90. The van der Waals surface area contributed by atoms with Crippen molar-refractivity contribution in [1.29, 1.82) is 0 Å². The predicted octanol–water partition coefficient (Wildman–Crippen LogP) is 5.85. The van der Waals surface area contributed by atoms with E-state index in [-0.39, 0.29) is 12.2 Å². The highest BCUT2D eigenvalue weighted by Gasteiger charge is 2.30. The lowest BCUT2D eigenvalue weighted by molar-refractivity contribution is 0.0327. The van der Waals surface area contributed by atoms with Crippen molar-refractivity contribution in [3.63, 3.8) is 0 Å². The van der Waals surface area contributed by atoms with E-state index < -0.39 is 0 Å². The van der Waals surface area contributed by atoms with Gasteiger partial charge in [-0.05, 0) is 63.7 Å². The number of benzene rings is 1. The Labute approximate surface area is 176 Å². The number of carbonyl (C=O) groups excluding carboxylic acids is 1. The molecule has 3 rings (SSSR count). The average Bonchev–Trinajstić information content (AvgIpc) is 3.23. The van der Waals surface area contributed by atoms with Crippen LogP contribution < -0.4 is 10.1 Å². The molecule has 0 radical (unpaired) electrons. The van der Waals surface area contributed by atoms with Crippen LogP contribution >= 0.6 is 0 Å². The van der Waals surface area contributed by atoms with Crippen molar-refractivity contribution in [2.24, 2.45) is 5.92 Å². The number of nitrogens with one attached hydrogen (secondary N) is 1. The molecule has 1 aromatic rings. The second kappa shape index (κ2) is 12.1. The van der Waals surface area contributed by atoms with E-state index in [0.29, 0.717) is 12.5 Å². The molecule has 1 aliphatic carbocycles. The van der Waals surface area contributed by atoms with E-state index in [9.17, 15) is 4.79 Å². The van der Waals surface area contributed by atoms with Crippen LogP contribution in [-0.4, -0.2) is 43.3 Å². The second-order valence-electron chi connectivity index (χ2n) is 8.56. The van der Waals surface area contributed by atoms with E-state index in [4.69, 9.17) is 9.47 Å². The van der Waals surface area contributed by atoms with E-state index in [1.54, 1.807) is 0 Å². The predicted molar refractivity (Wildman–Crippen MR) is 118 cm³/mol. The molecule has 5 heteroatoms. The monoisotopic (exact) mass is 402 g/mol. The maximum absolute atomic E-state index is 12.5. The molecule has 2 aliphatic rings. The summed E-state index contributed by atoms with van der Waals surface area (Å²) in [6.07, 6.45) is 11.6. The van der Waals surface area contributed by atoms with Gasteiger partial charge in [-0.15, -0.1) is 0 Å². The van der Waals surface area contributed by atoms with Gasteiger partial charge in [0.15, 0.2) is 0 Å². The molecule has 1 N–H and O–H groups in total. The fraction of sp³-hybridized carbons (Fsp3) is 0.708. The van der Waals surface area contributed by atoms with Gasteiger partial charge in [0.05, 0.1) is 6.61 Å². The maximum atomic E-state index is 12.5. The number of hydrogen-bond donors (Lipinski definition) is 1. The Morgan fingerprint density at radius 2 is 1.93 bits per heavy atom. The topological polar surface area (TPSA) is 50.8 Å². The molecule has 1 amide bonds. The molecule has 162 valence electrons. The first-order chi connectivity index (χ1) is 14.2. The van der Waals surface area contributed by atoms with Crippen LogP contribution in [0.25, 0.3) is 0 Å². The molecule has 1 saturated carbocycles. The molecule has 5 nitrogen and oxygen atoms in total. The zero-order valence-corrected chi connectivity index (χ0v) is 18.0. The number of likely N-dealkylation sites (tertiary alicyclic amines) is 1. The summed E-state index contributed by atoms with van der Waals surface area (Å²) < 4.78 is 11.7. The van der Waals surface area contributed by atoms with Crippen LogP contribution in [0.2, 0.25) is 0 Å². The first-order valence-electron chi connectivity index (χ1n) is 11.7. The van der Waals surface area contributed by atoms with Crippen molar-refractivity contribution >= 4 is 11.8 Å². The summed E-state index contributed by atoms with van der Waals surface area (Å²) in [5.74, 6) is 1.26. The third kappa shape index (κ3) is 7.54. The van der Waals surface area contributed by atoms with E-state index in [1.807, 2.05) is 24.3 Å². The highest BCUT2D eigenvalue weighted by atomic mass is 16.6. The minimum atomic E-state index is -0.344. The number of anilines is 1. The van der Waals surface area contributed by atoms with Crippen molar-refractivity contribution in [3.05, 3.63) is 24.3 Å². The summed E-state index contributed by atoms with van der Waals surface area (Å²) in [7, 11) is 0.